The zero-order valence-corrected chi connectivity index (χ0v) is 14.2. The minimum atomic E-state index is 0.119. The summed E-state index contributed by atoms with van der Waals surface area (Å²) in [5.74, 6) is 0. The van der Waals surface area contributed by atoms with Crippen molar-refractivity contribution in [3.63, 3.8) is 0 Å². The van der Waals surface area contributed by atoms with Crippen molar-refractivity contribution in [3.8, 4) is 0 Å². The van der Waals surface area contributed by atoms with Crippen molar-refractivity contribution < 1.29 is 4.79 Å². The number of nitrogens with zero attached hydrogens (tertiary/aromatic N) is 3. The van der Waals surface area contributed by atoms with Crippen LogP contribution in [0.4, 0.5) is 4.79 Å². The highest BCUT2D eigenvalue weighted by Gasteiger charge is 2.29. The molecule has 1 saturated carbocycles. The lowest BCUT2D eigenvalue weighted by Crippen LogP contribution is -2.43. The third-order valence-corrected chi connectivity index (χ3v) is 5.51. The van der Waals surface area contributed by atoms with Gasteiger partial charge in [-0.1, -0.05) is 37.8 Å². The molecular formula is C19H26N4O. The lowest BCUT2D eigenvalue weighted by atomic mass is 10.1. The second-order valence-corrected chi connectivity index (χ2v) is 7.17. The number of amides is 2. The van der Waals surface area contributed by atoms with Crippen molar-refractivity contribution in [3.05, 3.63) is 30.6 Å². The number of urea groups is 1. The highest BCUT2D eigenvalue weighted by molar-refractivity contribution is 5.76. The van der Waals surface area contributed by atoms with Gasteiger partial charge in [0.15, 0.2) is 0 Å². The van der Waals surface area contributed by atoms with Crippen LogP contribution in [0.3, 0.4) is 0 Å². The Balaban J connectivity index is 1.39. The normalized spacial score (nSPS) is 22.7. The zero-order valence-electron chi connectivity index (χ0n) is 14.2. The topological polar surface area (TPSA) is 50.2 Å². The number of hydrogen-bond donors (Lipinski definition) is 1. The van der Waals surface area contributed by atoms with E-state index >= 15 is 0 Å². The molecule has 1 aliphatic carbocycles. The molecule has 24 heavy (non-hydrogen) atoms. The Bertz CT molecular complexity index is 702. The van der Waals surface area contributed by atoms with Crippen LogP contribution >= 0.6 is 0 Å². The van der Waals surface area contributed by atoms with Crippen LogP contribution in [0.2, 0.25) is 0 Å². The number of aromatic nitrogens is 2. The number of para-hydroxylation sites is 2. The van der Waals surface area contributed by atoms with Gasteiger partial charge >= 0.3 is 6.03 Å². The number of hydrogen-bond acceptors (Lipinski definition) is 2. The highest BCUT2D eigenvalue weighted by Crippen LogP contribution is 2.26. The molecule has 1 N–H and O–H groups in total. The van der Waals surface area contributed by atoms with Crippen LogP contribution in [0.15, 0.2) is 30.6 Å². The molecule has 1 aliphatic heterocycles. The van der Waals surface area contributed by atoms with Gasteiger partial charge in [0.2, 0.25) is 0 Å². The number of likely N-dealkylation sites (tertiary alicyclic amines) is 1. The van der Waals surface area contributed by atoms with Crippen molar-refractivity contribution in [1.29, 1.82) is 0 Å². The molecule has 1 atom stereocenters. The fourth-order valence-corrected chi connectivity index (χ4v) is 4.11. The highest BCUT2D eigenvalue weighted by atomic mass is 16.2. The smallest absolute Gasteiger partial charge is 0.317 e. The van der Waals surface area contributed by atoms with Crippen LogP contribution < -0.4 is 5.32 Å². The van der Waals surface area contributed by atoms with E-state index < -0.39 is 0 Å². The van der Waals surface area contributed by atoms with Gasteiger partial charge in [-0.25, -0.2) is 9.78 Å². The van der Waals surface area contributed by atoms with Crippen LogP contribution in [0.1, 0.15) is 51.0 Å². The maximum absolute atomic E-state index is 12.6. The first kappa shape index (κ1) is 15.5. The lowest BCUT2D eigenvalue weighted by Gasteiger charge is -2.22. The third kappa shape index (κ3) is 3.12. The molecule has 0 radical (unpaired) electrons. The minimum Gasteiger partial charge on any atom is -0.335 e. The van der Waals surface area contributed by atoms with E-state index in [0.717, 1.165) is 43.4 Å². The number of rotatable bonds is 2. The molecule has 0 spiro atoms. The Kier molecular flexibility index (Phi) is 4.41. The summed E-state index contributed by atoms with van der Waals surface area (Å²) >= 11 is 0. The lowest BCUT2D eigenvalue weighted by molar-refractivity contribution is 0.201. The fraction of sp³-hybridized carbons (Fsp3) is 0.579. The van der Waals surface area contributed by atoms with E-state index in [9.17, 15) is 4.79 Å². The summed E-state index contributed by atoms with van der Waals surface area (Å²) < 4.78 is 2.23. The number of carbonyl (C=O) groups is 1. The summed E-state index contributed by atoms with van der Waals surface area (Å²) in [7, 11) is 0. The summed E-state index contributed by atoms with van der Waals surface area (Å²) in [4.78, 5) is 19.1. The molecule has 5 heteroatoms. The van der Waals surface area contributed by atoms with E-state index in [1.165, 1.54) is 25.7 Å². The molecule has 1 aromatic carbocycles. The Morgan fingerprint density at radius 3 is 2.71 bits per heavy atom. The SMILES string of the molecule is O=C(NC1CCCCCC1)N1CC[C@H](n2cnc3ccccc32)C1. The predicted molar refractivity (Wildman–Crippen MR) is 95.0 cm³/mol. The van der Waals surface area contributed by atoms with Gasteiger partial charge in [-0.05, 0) is 31.4 Å². The number of nitrogens with one attached hydrogen (secondary N) is 1. The van der Waals surface area contributed by atoms with Crippen molar-refractivity contribution >= 4 is 17.1 Å². The van der Waals surface area contributed by atoms with Gasteiger partial charge in [-0.2, -0.15) is 0 Å². The van der Waals surface area contributed by atoms with Crippen LogP contribution in [-0.2, 0) is 0 Å². The Morgan fingerprint density at radius 2 is 1.88 bits per heavy atom. The van der Waals surface area contributed by atoms with Crippen LogP contribution in [0, 0.1) is 0 Å². The molecule has 0 unspecified atom stereocenters. The fourth-order valence-electron chi connectivity index (χ4n) is 4.11. The summed E-state index contributed by atoms with van der Waals surface area (Å²) in [6.07, 6.45) is 10.3. The van der Waals surface area contributed by atoms with E-state index in [2.05, 4.69) is 20.9 Å². The molecule has 0 bridgehead atoms. The molecule has 2 heterocycles. The number of imidazole rings is 1. The van der Waals surface area contributed by atoms with Crippen molar-refractivity contribution in [2.75, 3.05) is 13.1 Å². The van der Waals surface area contributed by atoms with Gasteiger partial charge in [0, 0.05) is 19.1 Å². The largest absolute Gasteiger partial charge is 0.335 e. The summed E-state index contributed by atoms with van der Waals surface area (Å²) in [5.41, 5.74) is 2.19. The number of fused-ring (bicyclic) bond motifs is 1. The molecule has 1 aromatic heterocycles. The molecule has 2 aliphatic rings. The molecule has 2 fully saturated rings. The third-order valence-electron chi connectivity index (χ3n) is 5.51. The van der Waals surface area contributed by atoms with Gasteiger partial charge in [0.25, 0.3) is 0 Å². The van der Waals surface area contributed by atoms with Gasteiger partial charge < -0.3 is 14.8 Å². The quantitative estimate of drug-likeness (QED) is 0.855. The maximum atomic E-state index is 12.6. The molecular weight excluding hydrogens is 300 g/mol. The van der Waals surface area contributed by atoms with E-state index in [4.69, 9.17) is 0 Å². The molecule has 128 valence electrons. The van der Waals surface area contributed by atoms with Gasteiger partial charge in [0.1, 0.15) is 0 Å². The van der Waals surface area contributed by atoms with Crippen LogP contribution in [0.5, 0.6) is 0 Å². The Hall–Kier alpha value is -2.04. The van der Waals surface area contributed by atoms with Gasteiger partial charge in [-0.3, -0.25) is 0 Å². The van der Waals surface area contributed by atoms with Gasteiger partial charge in [-0.15, -0.1) is 0 Å². The maximum Gasteiger partial charge on any atom is 0.317 e. The summed E-state index contributed by atoms with van der Waals surface area (Å²) in [6, 6.07) is 9.03. The molecule has 4 rings (SSSR count). The summed E-state index contributed by atoms with van der Waals surface area (Å²) in [5, 5.41) is 3.27. The Morgan fingerprint density at radius 1 is 1.08 bits per heavy atom. The predicted octanol–water partition coefficient (Wildman–Crippen LogP) is 3.72. The first-order chi connectivity index (χ1) is 11.8. The average Bonchev–Trinajstić information content (AvgIpc) is 3.17. The molecule has 5 nitrogen and oxygen atoms in total. The number of benzene rings is 1. The van der Waals surface area contributed by atoms with E-state index in [1.807, 2.05) is 29.4 Å². The Labute approximate surface area is 143 Å². The monoisotopic (exact) mass is 326 g/mol. The van der Waals surface area contributed by atoms with E-state index in [1.54, 1.807) is 0 Å². The van der Waals surface area contributed by atoms with Crippen LogP contribution in [-0.4, -0.2) is 39.6 Å². The van der Waals surface area contributed by atoms with Crippen LogP contribution in [0.25, 0.3) is 11.0 Å². The average molecular weight is 326 g/mol. The van der Waals surface area contributed by atoms with Crippen molar-refractivity contribution in [1.82, 2.24) is 19.8 Å². The van der Waals surface area contributed by atoms with Crippen molar-refractivity contribution in [2.24, 2.45) is 0 Å². The first-order valence-corrected chi connectivity index (χ1v) is 9.28. The van der Waals surface area contributed by atoms with Crippen molar-refractivity contribution in [2.45, 2.75) is 57.0 Å². The molecule has 2 aromatic rings. The first-order valence-electron chi connectivity index (χ1n) is 9.28. The molecule has 2 amide bonds. The minimum absolute atomic E-state index is 0.119. The van der Waals surface area contributed by atoms with Gasteiger partial charge in [0.05, 0.1) is 23.4 Å². The standard InChI is InChI=1S/C19H26N4O/c24-19(21-15-7-3-1-2-4-8-15)22-12-11-16(13-22)23-14-20-17-9-5-6-10-18(17)23/h5-6,9-10,14-16H,1-4,7-8,11-13H2,(H,21,24)/t16-/m0/s1. The second-order valence-electron chi connectivity index (χ2n) is 7.17. The molecule has 1 saturated heterocycles. The number of carbonyl (C=O) groups excluding carboxylic acids is 1. The van der Waals surface area contributed by atoms with E-state index in [0.29, 0.717) is 12.1 Å². The second kappa shape index (κ2) is 6.83. The zero-order chi connectivity index (χ0) is 16.4. The summed E-state index contributed by atoms with van der Waals surface area (Å²) in [6.45, 7) is 1.61. The van der Waals surface area contributed by atoms with E-state index in [-0.39, 0.29) is 6.03 Å².